The smallest absolute Gasteiger partial charge is 0.328 e. The molecule has 1 aromatic heterocycles. The molecule has 3 rings (SSSR count). The van der Waals surface area contributed by atoms with Gasteiger partial charge in [-0.3, -0.25) is 4.79 Å². The molecule has 2 aromatic rings. The molecule has 1 aliphatic rings. The van der Waals surface area contributed by atoms with Crippen molar-refractivity contribution in [3.63, 3.8) is 0 Å². The van der Waals surface area contributed by atoms with E-state index < -0.39 is 6.04 Å². The first-order valence-electron chi connectivity index (χ1n) is 8.16. The summed E-state index contributed by atoms with van der Waals surface area (Å²) < 4.78 is 18.1. The van der Waals surface area contributed by atoms with Crippen LogP contribution in [0.5, 0.6) is 0 Å². The number of piperidine rings is 1. The monoisotopic (exact) mass is 362 g/mol. The first-order chi connectivity index (χ1) is 12.1. The highest BCUT2D eigenvalue weighted by atomic mass is 32.1. The Morgan fingerprint density at radius 1 is 1.40 bits per heavy atom. The number of amides is 1. The van der Waals surface area contributed by atoms with Crippen molar-refractivity contribution < 1.29 is 18.7 Å². The largest absolute Gasteiger partial charge is 0.467 e. The minimum absolute atomic E-state index is 0.124. The van der Waals surface area contributed by atoms with Gasteiger partial charge in [-0.25, -0.2) is 14.2 Å². The van der Waals surface area contributed by atoms with E-state index in [4.69, 9.17) is 4.74 Å². The van der Waals surface area contributed by atoms with E-state index in [0.29, 0.717) is 29.2 Å². The Labute approximate surface area is 149 Å². The Morgan fingerprint density at radius 3 is 3.00 bits per heavy atom. The molecule has 0 spiro atoms. The number of benzene rings is 1. The van der Waals surface area contributed by atoms with Crippen molar-refractivity contribution >= 4 is 23.2 Å². The standard InChI is InChI=1S/C18H19FN2O3S/c1-24-18(23)15-7-2-3-8-21(15)16(22)10-14-11-25-17(20-14)12-5-4-6-13(19)9-12/h4-6,9,11,15H,2-3,7-8,10H2,1H3. The van der Waals surface area contributed by atoms with Gasteiger partial charge in [0.25, 0.3) is 0 Å². The zero-order chi connectivity index (χ0) is 17.8. The SMILES string of the molecule is COC(=O)C1CCCCN1C(=O)Cc1csc(-c2cccc(F)c2)n1. The number of rotatable bonds is 4. The minimum atomic E-state index is -0.507. The van der Waals surface area contributed by atoms with Crippen molar-refractivity contribution in [2.45, 2.75) is 31.7 Å². The van der Waals surface area contributed by atoms with Crippen LogP contribution in [0.3, 0.4) is 0 Å². The highest BCUT2D eigenvalue weighted by Gasteiger charge is 2.32. The number of aromatic nitrogens is 1. The second-order valence-electron chi connectivity index (χ2n) is 5.95. The molecule has 0 radical (unpaired) electrons. The van der Waals surface area contributed by atoms with E-state index in [1.165, 1.54) is 30.6 Å². The minimum Gasteiger partial charge on any atom is -0.467 e. The van der Waals surface area contributed by atoms with Crippen LogP contribution < -0.4 is 0 Å². The molecule has 0 saturated carbocycles. The normalized spacial score (nSPS) is 17.4. The van der Waals surface area contributed by atoms with Crippen LogP contribution in [0.1, 0.15) is 25.0 Å². The summed E-state index contributed by atoms with van der Waals surface area (Å²) in [7, 11) is 1.34. The van der Waals surface area contributed by atoms with E-state index in [2.05, 4.69) is 4.98 Å². The van der Waals surface area contributed by atoms with Gasteiger partial charge in [0.15, 0.2) is 0 Å². The fraction of sp³-hybridized carbons (Fsp3) is 0.389. The Bertz CT molecular complexity index is 777. The number of carbonyl (C=O) groups is 2. The number of methoxy groups -OCH3 is 1. The number of hydrogen-bond acceptors (Lipinski definition) is 5. The Morgan fingerprint density at radius 2 is 2.24 bits per heavy atom. The summed E-state index contributed by atoms with van der Waals surface area (Å²) in [5, 5.41) is 2.47. The van der Waals surface area contributed by atoms with Crippen molar-refractivity contribution in [1.82, 2.24) is 9.88 Å². The highest BCUT2D eigenvalue weighted by Crippen LogP contribution is 2.25. The molecule has 7 heteroatoms. The molecule has 25 heavy (non-hydrogen) atoms. The molecule has 0 bridgehead atoms. The van der Waals surface area contributed by atoms with E-state index in [9.17, 15) is 14.0 Å². The highest BCUT2D eigenvalue weighted by molar-refractivity contribution is 7.13. The number of esters is 1. The number of carbonyl (C=O) groups excluding carboxylic acids is 2. The maximum absolute atomic E-state index is 13.3. The van der Waals surface area contributed by atoms with E-state index in [1.807, 2.05) is 0 Å². The van der Waals surface area contributed by atoms with Crippen LogP contribution in [0, 0.1) is 5.82 Å². The molecule has 1 unspecified atom stereocenters. The maximum atomic E-state index is 13.3. The first-order valence-corrected chi connectivity index (χ1v) is 9.04. The second kappa shape index (κ2) is 7.74. The van der Waals surface area contributed by atoms with Crippen molar-refractivity contribution in [1.29, 1.82) is 0 Å². The molecule has 2 heterocycles. The third-order valence-electron chi connectivity index (χ3n) is 4.25. The van der Waals surface area contributed by atoms with Crippen molar-refractivity contribution in [3.8, 4) is 10.6 Å². The molecular formula is C18H19FN2O3S. The molecule has 1 aliphatic heterocycles. The van der Waals surface area contributed by atoms with Gasteiger partial charge in [0, 0.05) is 17.5 Å². The lowest BCUT2D eigenvalue weighted by molar-refractivity contribution is -0.154. The number of likely N-dealkylation sites (tertiary alicyclic amines) is 1. The van der Waals surface area contributed by atoms with Gasteiger partial charge in [0.2, 0.25) is 5.91 Å². The third kappa shape index (κ3) is 4.04. The van der Waals surface area contributed by atoms with Gasteiger partial charge in [-0.15, -0.1) is 11.3 Å². The molecular weight excluding hydrogens is 343 g/mol. The first kappa shape index (κ1) is 17.5. The summed E-state index contributed by atoms with van der Waals surface area (Å²) in [5.41, 5.74) is 1.32. The molecule has 132 valence electrons. The summed E-state index contributed by atoms with van der Waals surface area (Å²) in [4.78, 5) is 30.5. The fourth-order valence-corrected chi connectivity index (χ4v) is 3.83. The van der Waals surface area contributed by atoms with Crippen LogP contribution in [0.15, 0.2) is 29.6 Å². The van der Waals surface area contributed by atoms with Gasteiger partial charge in [-0.1, -0.05) is 12.1 Å². The zero-order valence-corrected chi connectivity index (χ0v) is 14.7. The number of thiazole rings is 1. The molecule has 1 amide bonds. The summed E-state index contributed by atoms with van der Waals surface area (Å²) in [6, 6.07) is 5.71. The number of halogens is 1. The number of ether oxygens (including phenoxy) is 1. The molecule has 5 nitrogen and oxygen atoms in total. The maximum Gasteiger partial charge on any atom is 0.328 e. The van der Waals surface area contributed by atoms with Gasteiger partial charge in [0.05, 0.1) is 19.2 Å². The van der Waals surface area contributed by atoms with Gasteiger partial charge in [-0.05, 0) is 31.4 Å². The van der Waals surface area contributed by atoms with Crippen LogP contribution in [-0.2, 0) is 20.7 Å². The average Bonchev–Trinajstić information content (AvgIpc) is 3.09. The lowest BCUT2D eigenvalue weighted by Crippen LogP contribution is -2.49. The number of hydrogen-bond donors (Lipinski definition) is 0. The van der Waals surface area contributed by atoms with E-state index in [0.717, 1.165) is 12.8 Å². The molecule has 1 aromatic carbocycles. The summed E-state index contributed by atoms with van der Waals surface area (Å²) in [6.45, 7) is 0.555. The predicted molar refractivity (Wildman–Crippen MR) is 92.6 cm³/mol. The van der Waals surface area contributed by atoms with Gasteiger partial charge in [0.1, 0.15) is 16.9 Å². The summed E-state index contributed by atoms with van der Waals surface area (Å²) in [6.07, 6.45) is 2.54. The molecule has 1 fully saturated rings. The number of nitrogens with zero attached hydrogens (tertiary/aromatic N) is 2. The topological polar surface area (TPSA) is 59.5 Å². The van der Waals surface area contributed by atoms with E-state index in [-0.39, 0.29) is 24.1 Å². The van der Waals surface area contributed by atoms with Gasteiger partial charge < -0.3 is 9.64 Å². The van der Waals surface area contributed by atoms with Gasteiger partial charge in [-0.2, -0.15) is 0 Å². The third-order valence-corrected chi connectivity index (χ3v) is 5.19. The predicted octanol–water partition coefficient (Wildman–Crippen LogP) is 3.05. The Kier molecular flexibility index (Phi) is 5.43. The van der Waals surface area contributed by atoms with Crippen LogP contribution in [-0.4, -0.2) is 41.5 Å². The Hall–Kier alpha value is -2.28. The van der Waals surface area contributed by atoms with E-state index in [1.54, 1.807) is 22.4 Å². The van der Waals surface area contributed by atoms with Crippen molar-refractivity contribution in [2.75, 3.05) is 13.7 Å². The van der Waals surface area contributed by atoms with Crippen LogP contribution >= 0.6 is 11.3 Å². The quantitative estimate of drug-likeness (QED) is 0.785. The van der Waals surface area contributed by atoms with E-state index >= 15 is 0 Å². The average molecular weight is 362 g/mol. The van der Waals surface area contributed by atoms with Crippen LogP contribution in [0.4, 0.5) is 4.39 Å². The lowest BCUT2D eigenvalue weighted by atomic mass is 10.0. The van der Waals surface area contributed by atoms with Gasteiger partial charge >= 0.3 is 5.97 Å². The lowest BCUT2D eigenvalue weighted by Gasteiger charge is -2.33. The summed E-state index contributed by atoms with van der Waals surface area (Å²) in [5.74, 6) is -0.822. The molecule has 1 atom stereocenters. The fourth-order valence-electron chi connectivity index (χ4n) is 3.01. The van der Waals surface area contributed by atoms with Crippen molar-refractivity contribution in [3.05, 3.63) is 41.2 Å². The molecule has 0 aliphatic carbocycles. The van der Waals surface area contributed by atoms with Crippen LogP contribution in [0.2, 0.25) is 0 Å². The van der Waals surface area contributed by atoms with Crippen LogP contribution in [0.25, 0.3) is 10.6 Å². The van der Waals surface area contributed by atoms with Crippen molar-refractivity contribution in [2.24, 2.45) is 0 Å². The zero-order valence-electron chi connectivity index (χ0n) is 13.9. The Balaban J connectivity index is 1.71. The summed E-state index contributed by atoms with van der Waals surface area (Å²) >= 11 is 1.37. The second-order valence-corrected chi connectivity index (χ2v) is 6.81. The molecule has 1 saturated heterocycles. The molecule has 0 N–H and O–H groups in total.